The first-order valence-electron chi connectivity index (χ1n) is 6.83. The van der Waals surface area contributed by atoms with Crippen molar-refractivity contribution in [2.45, 2.75) is 58.5 Å². The van der Waals surface area contributed by atoms with Crippen molar-refractivity contribution in [3.8, 4) is 0 Å². The fraction of sp³-hybridized carbons (Fsp3) is 0.846. The van der Waals surface area contributed by atoms with Crippen LogP contribution in [-0.2, 0) is 6.54 Å². The highest BCUT2D eigenvalue weighted by Crippen LogP contribution is 2.28. The van der Waals surface area contributed by atoms with Crippen molar-refractivity contribution in [1.29, 1.82) is 0 Å². The van der Waals surface area contributed by atoms with Crippen LogP contribution in [-0.4, -0.2) is 21.2 Å². The van der Waals surface area contributed by atoms with E-state index in [-0.39, 0.29) is 0 Å². The van der Waals surface area contributed by atoms with Gasteiger partial charge in [0.05, 0.1) is 6.54 Å². The predicted octanol–water partition coefficient (Wildman–Crippen LogP) is 2.50. The summed E-state index contributed by atoms with van der Waals surface area (Å²) in [5, 5.41) is 10.3. The molecule has 2 N–H and O–H groups in total. The minimum atomic E-state index is 0.656. The number of H-pyrrole nitrogens is 1. The smallest absolute Gasteiger partial charge is 0.138 e. The first-order valence-corrected chi connectivity index (χ1v) is 6.83. The lowest BCUT2D eigenvalue weighted by Gasteiger charge is -2.18. The van der Waals surface area contributed by atoms with Gasteiger partial charge in [0.1, 0.15) is 12.2 Å². The van der Waals surface area contributed by atoms with E-state index in [0.29, 0.717) is 6.04 Å². The molecule has 2 rings (SSSR count). The van der Waals surface area contributed by atoms with Gasteiger partial charge in [-0.15, -0.1) is 0 Å². The van der Waals surface area contributed by atoms with Gasteiger partial charge < -0.3 is 5.32 Å². The molecule has 0 aliphatic heterocycles. The van der Waals surface area contributed by atoms with E-state index in [4.69, 9.17) is 0 Å². The standard InChI is InChI=1S/C13H24N4/c1-10(2)11-4-3-5-12(7-6-11)14-8-13-15-9-16-17-13/h9-12,14H,3-8H2,1-2H3,(H,15,16,17). The maximum Gasteiger partial charge on any atom is 0.138 e. The summed E-state index contributed by atoms with van der Waals surface area (Å²) in [4.78, 5) is 4.14. The lowest BCUT2D eigenvalue weighted by molar-refractivity contribution is 0.337. The van der Waals surface area contributed by atoms with E-state index < -0.39 is 0 Å². The van der Waals surface area contributed by atoms with Crippen LogP contribution in [0.5, 0.6) is 0 Å². The zero-order valence-electron chi connectivity index (χ0n) is 10.9. The Balaban J connectivity index is 1.75. The first kappa shape index (κ1) is 12.6. The van der Waals surface area contributed by atoms with Crippen molar-refractivity contribution in [3.63, 3.8) is 0 Å². The molecule has 17 heavy (non-hydrogen) atoms. The van der Waals surface area contributed by atoms with Gasteiger partial charge in [0.25, 0.3) is 0 Å². The molecule has 4 heteroatoms. The highest BCUT2D eigenvalue weighted by atomic mass is 15.2. The molecular weight excluding hydrogens is 212 g/mol. The monoisotopic (exact) mass is 236 g/mol. The molecule has 2 unspecified atom stereocenters. The maximum absolute atomic E-state index is 4.14. The van der Waals surface area contributed by atoms with Gasteiger partial charge >= 0.3 is 0 Å². The van der Waals surface area contributed by atoms with Gasteiger partial charge in [0, 0.05) is 6.04 Å². The number of rotatable bonds is 4. The molecule has 1 saturated carbocycles. The summed E-state index contributed by atoms with van der Waals surface area (Å²) in [6, 6.07) is 0.656. The molecule has 0 aromatic carbocycles. The lowest BCUT2D eigenvalue weighted by Crippen LogP contribution is -2.28. The van der Waals surface area contributed by atoms with Crippen molar-refractivity contribution in [2.24, 2.45) is 11.8 Å². The largest absolute Gasteiger partial charge is 0.307 e. The molecule has 0 radical (unpaired) electrons. The van der Waals surface area contributed by atoms with Crippen molar-refractivity contribution in [2.75, 3.05) is 0 Å². The van der Waals surface area contributed by atoms with Crippen molar-refractivity contribution in [3.05, 3.63) is 12.2 Å². The fourth-order valence-electron chi connectivity index (χ4n) is 2.76. The molecule has 1 aromatic rings. The van der Waals surface area contributed by atoms with Crippen LogP contribution in [0.4, 0.5) is 0 Å². The molecule has 96 valence electrons. The number of hydrogen-bond acceptors (Lipinski definition) is 3. The van der Waals surface area contributed by atoms with E-state index in [2.05, 4.69) is 34.3 Å². The molecule has 1 heterocycles. The zero-order chi connectivity index (χ0) is 12.1. The Labute approximate surface area is 104 Å². The van der Waals surface area contributed by atoms with Crippen LogP contribution in [0.25, 0.3) is 0 Å². The Morgan fingerprint density at radius 1 is 1.35 bits per heavy atom. The minimum absolute atomic E-state index is 0.656. The van der Waals surface area contributed by atoms with Crippen LogP contribution in [0.1, 0.15) is 51.8 Å². The van der Waals surface area contributed by atoms with Crippen LogP contribution in [0.2, 0.25) is 0 Å². The van der Waals surface area contributed by atoms with Crippen LogP contribution >= 0.6 is 0 Å². The highest BCUT2D eigenvalue weighted by molar-refractivity contribution is 4.82. The zero-order valence-corrected chi connectivity index (χ0v) is 10.9. The Morgan fingerprint density at radius 2 is 2.24 bits per heavy atom. The molecule has 0 bridgehead atoms. The van der Waals surface area contributed by atoms with E-state index in [1.165, 1.54) is 32.1 Å². The summed E-state index contributed by atoms with van der Waals surface area (Å²) < 4.78 is 0. The van der Waals surface area contributed by atoms with Gasteiger partial charge in [-0.2, -0.15) is 5.10 Å². The Bertz CT molecular complexity index is 307. The third kappa shape index (κ3) is 3.80. The van der Waals surface area contributed by atoms with Gasteiger partial charge in [-0.3, -0.25) is 5.10 Å². The number of aromatic nitrogens is 3. The Morgan fingerprint density at radius 3 is 2.94 bits per heavy atom. The van der Waals surface area contributed by atoms with E-state index in [9.17, 15) is 0 Å². The number of nitrogens with zero attached hydrogens (tertiary/aromatic N) is 2. The summed E-state index contributed by atoms with van der Waals surface area (Å²) in [6.07, 6.45) is 8.30. The Kier molecular flexibility index (Phi) is 4.54. The molecule has 2 atom stereocenters. The van der Waals surface area contributed by atoms with E-state index >= 15 is 0 Å². The molecular formula is C13H24N4. The molecule has 0 spiro atoms. The third-order valence-electron chi connectivity index (χ3n) is 3.98. The van der Waals surface area contributed by atoms with Gasteiger partial charge in [-0.05, 0) is 31.1 Å². The molecule has 4 nitrogen and oxygen atoms in total. The maximum atomic E-state index is 4.14. The second-order valence-corrected chi connectivity index (χ2v) is 5.52. The molecule has 1 aliphatic carbocycles. The summed E-state index contributed by atoms with van der Waals surface area (Å²) in [6.45, 7) is 5.52. The van der Waals surface area contributed by atoms with Crippen molar-refractivity contribution in [1.82, 2.24) is 20.5 Å². The van der Waals surface area contributed by atoms with Gasteiger partial charge in [-0.1, -0.05) is 26.7 Å². The summed E-state index contributed by atoms with van der Waals surface area (Å²) in [7, 11) is 0. The molecule has 0 amide bonds. The number of hydrogen-bond donors (Lipinski definition) is 2. The number of nitrogens with one attached hydrogen (secondary N) is 2. The van der Waals surface area contributed by atoms with E-state index in [0.717, 1.165) is 24.2 Å². The first-order chi connectivity index (χ1) is 8.25. The van der Waals surface area contributed by atoms with Crippen LogP contribution in [0.3, 0.4) is 0 Å². The minimum Gasteiger partial charge on any atom is -0.307 e. The van der Waals surface area contributed by atoms with Crippen molar-refractivity contribution < 1.29 is 0 Å². The van der Waals surface area contributed by atoms with E-state index in [1.54, 1.807) is 6.33 Å². The molecule has 0 saturated heterocycles. The third-order valence-corrected chi connectivity index (χ3v) is 3.98. The average molecular weight is 236 g/mol. The van der Waals surface area contributed by atoms with Gasteiger partial charge in [0.15, 0.2) is 0 Å². The topological polar surface area (TPSA) is 53.6 Å². The Hall–Kier alpha value is -0.900. The summed E-state index contributed by atoms with van der Waals surface area (Å²) in [5.74, 6) is 2.70. The summed E-state index contributed by atoms with van der Waals surface area (Å²) >= 11 is 0. The van der Waals surface area contributed by atoms with Crippen LogP contribution in [0, 0.1) is 11.8 Å². The second-order valence-electron chi connectivity index (χ2n) is 5.52. The molecule has 1 aliphatic rings. The lowest BCUT2D eigenvalue weighted by atomic mass is 9.89. The number of aromatic amines is 1. The second kappa shape index (κ2) is 6.15. The van der Waals surface area contributed by atoms with Gasteiger partial charge in [-0.25, -0.2) is 4.98 Å². The van der Waals surface area contributed by atoms with Crippen molar-refractivity contribution >= 4 is 0 Å². The predicted molar refractivity (Wildman–Crippen MR) is 68.4 cm³/mol. The molecule has 1 fully saturated rings. The van der Waals surface area contributed by atoms with Crippen LogP contribution in [0.15, 0.2) is 6.33 Å². The van der Waals surface area contributed by atoms with E-state index in [1.807, 2.05) is 0 Å². The molecule has 1 aromatic heterocycles. The van der Waals surface area contributed by atoms with Gasteiger partial charge in [0.2, 0.25) is 0 Å². The SMILES string of the molecule is CC(C)C1CCCC(NCc2ncn[nH]2)CC1. The quantitative estimate of drug-likeness (QED) is 0.790. The van der Waals surface area contributed by atoms with Crippen LogP contribution < -0.4 is 5.32 Å². The average Bonchev–Trinajstić information content (AvgIpc) is 2.70. The highest BCUT2D eigenvalue weighted by Gasteiger charge is 2.20. The fourth-order valence-corrected chi connectivity index (χ4v) is 2.76. The summed E-state index contributed by atoms with van der Waals surface area (Å²) in [5.41, 5.74) is 0. The normalized spacial score (nSPS) is 26.1.